The first-order valence-electron chi connectivity index (χ1n) is 4.91. The fourth-order valence-electron chi connectivity index (χ4n) is 1.19. The number of rotatable bonds is 3. The molecule has 3 N–H and O–H groups in total. The molecule has 88 valence electrons. The van der Waals surface area contributed by atoms with Crippen molar-refractivity contribution in [1.82, 2.24) is 4.98 Å². The summed E-state index contributed by atoms with van der Waals surface area (Å²) in [6.07, 6.45) is 1.68. The van der Waals surface area contributed by atoms with Crippen LogP contribution in [0, 0.1) is 6.92 Å². The third kappa shape index (κ3) is 3.18. The average molecular weight is 267 g/mol. The number of hydrazone groups is 1. The number of nitrogen functional groups attached to an aromatic ring is 1. The van der Waals surface area contributed by atoms with Crippen molar-refractivity contribution in [2.24, 2.45) is 5.10 Å². The third-order valence-corrected chi connectivity index (χ3v) is 3.26. The first-order chi connectivity index (χ1) is 8.15. The van der Waals surface area contributed by atoms with Crippen molar-refractivity contribution in [3.63, 3.8) is 0 Å². The normalized spacial score (nSPS) is 10.9. The number of aryl methyl sites for hydroxylation is 1. The minimum Gasteiger partial charge on any atom is -0.383 e. The van der Waals surface area contributed by atoms with Gasteiger partial charge in [0.15, 0.2) is 0 Å². The molecule has 0 aliphatic heterocycles. The number of nitrogens with one attached hydrogen (secondary N) is 1. The van der Waals surface area contributed by atoms with E-state index in [1.54, 1.807) is 11.6 Å². The van der Waals surface area contributed by atoms with Gasteiger partial charge < -0.3 is 5.73 Å². The van der Waals surface area contributed by atoms with Gasteiger partial charge in [-0.2, -0.15) is 5.10 Å². The summed E-state index contributed by atoms with van der Waals surface area (Å²) >= 11 is 7.41. The Labute approximate surface area is 108 Å². The van der Waals surface area contributed by atoms with Gasteiger partial charge in [-0.1, -0.05) is 23.7 Å². The highest BCUT2D eigenvalue weighted by molar-refractivity contribution is 7.14. The second-order valence-corrected chi connectivity index (χ2v) is 4.72. The molecule has 2 aromatic rings. The van der Waals surface area contributed by atoms with Gasteiger partial charge in [-0.15, -0.1) is 11.3 Å². The van der Waals surface area contributed by atoms with Gasteiger partial charge in [-0.05, 0) is 24.1 Å². The van der Waals surface area contributed by atoms with Crippen molar-refractivity contribution in [1.29, 1.82) is 0 Å². The molecule has 2 rings (SSSR count). The molecule has 0 spiro atoms. The molecule has 0 fully saturated rings. The lowest BCUT2D eigenvalue weighted by Crippen LogP contribution is -1.91. The van der Waals surface area contributed by atoms with Gasteiger partial charge in [0.1, 0.15) is 5.82 Å². The van der Waals surface area contributed by atoms with E-state index >= 15 is 0 Å². The number of hydrogen-bond acceptors (Lipinski definition) is 5. The Balaban J connectivity index is 2.03. The van der Waals surface area contributed by atoms with E-state index in [-0.39, 0.29) is 0 Å². The summed E-state index contributed by atoms with van der Waals surface area (Å²) in [6, 6.07) is 5.76. The van der Waals surface area contributed by atoms with Gasteiger partial charge >= 0.3 is 0 Å². The molecular formula is C11H11ClN4S. The van der Waals surface area contributed by atoms with E-state index in [1.807, 2.05) is 25.1 Å². The maximum Gasteiger partial charge on any atom is 0.205 e. The number of thiazole rings is 1. The highest BCUT2D eigenvalue weighted by Crippen LogP contribution is 2.17. The van der Waals surface area contributed by atoms with Gasteiger partial charge in [-0.3, -0.25) is 5.43 Å². The SMILES string of the molecule is Cc1ccc(C=NNc2nc(N)cs2)cc1Cl. The number of anilines is 2. The Morgan fingerprint density at radius 3 is 3.00 bits per heavy atom. The van der Waals surface area contributed by atoms with Crippen LogP contribution in [0.3, 0.4) is 0 Å². The average Bonchev–Trinajstić information content (AvgIpc) is 2.70. The minimum atomic E-state index is 0.492. The van der Waals surface area contributed by atoms with Crippen LogP contribution in [-0.4, -0.2) is 11.2 Å². The fourth-order valence-corrected chi connectivity index (χ4v) is 1.93. The van der Waals surface area contributed by atoms with E-state index in [9.17, 15) is 0 Å². The van der Waals surface area contributed by atoms with Crippen LogP contribution in [0.25, 0.3) is 0 Å². The molecule has 0 saturated heterocycles. The monoisotopic (exact) mass is 266 g/mol. The molecule has 0 atom stereocenters. The topological polar surface area (TPSA) is 63.3 Å². The van der Waals surface area contributed by atoms with Gasteiger partial charge in [0.25, 0.3) is 0 Å². The smallest absolute Gasteiger partial charge is 0.205 e. The molecule has 0 unspecified atom stereocenters. The van der Waals surface area contributed by atoms with Crippen LogP contribution >= 0.6 is 22.9 Å². The Bertz CT molecular complexity index is 550. The van der Waals surface area contributed by atoms with Crippen molar-refractivity contribution in [3.8, 4) is 0 Å². The van der Waals surface area contributed by atoms with E-state index in [0.29, 0.717) is 10.9 Å². The maximum atomic E-state index is 6.00. The lowest BCUT2D eigenvalue weighted by atomic mass is 10.2. The van der Waals surface area contributed by atoms with Crippen molar-refractivity contribution < 1.29 is 0 Å². The van der Waals surface area contributed by atoms with E-state index in [1.165, 1.54) is 11.3 Å². The van der Waals surface area contributed by atoms with Crippen molar-refractivity contribution in [3.05, 3.63) is 39.7 Å². The highest BCUT2D eigenvalue weighted by atomic mass is 35.5. The summed E-state index contributed by atoms with van der Waals surface area (Å²) in [5.74, 6) is 0.492. The molecule has 1 heterocycles. The Kier molecular flexibility index (Phi) is 3.61. The molecular weight excluding hydrogens is 256 g/mol. The van der Waals surface area contributed by atoms with Crippen LogP contribution in [0.5, 0.6) is 0 Å². The van der Waals surface area contributed by atoms with Crippen LogP contribution in [0.15, 0.2) is 28.7 Å². The predicted octanol–water partition coefficient (Wildman–Crippen LogP) is 3.13. The van der Waals surface area contributed by atoms with Gasteiger partial charge in [0.2, 0.25) is 5.13 Å². The van der Waals surface area contributed by atoms with Crippen LogP contribution in [0.4, 0.5) is 10.9 Å². The highest BCUT2D eigenvalue weighted by Gasteiger charge is 1.97. The lowest BCUT2D eigenvalue weighted by Gasteiger charge is -1.98. The predicted molar refractivity (Wildman–Crippen MR) is 73.9 cm³/mol. The van der Waals surface area contributed by atoms with E-state index in [4.69, 9.17) is 17.3 Å². The van der Waals surface area contributed by atoms with Crippen molar-refractivity contribution in [2.45, 2.75) is 6.92 Å². The number of nitrogens with two attached hydrogens (primary N) is 1. The Morgan fingerprint density at radius 1 is 1.53 bits per heavy atom. The molecule has 0 bridgehead atoms. The van der Waals surface area contributed by atoms with Gasteiger partial charge in [0, 0.05) is 10.4 Å². The molecule has 0 amide bonds. The van der Waals surface area contributed by atoms with Crippen molar-refractivity contribution >= 4 is 40.1 Å². The Hall–Kier alpha value is -1.59. The maximum absolute atomic E-state index is 6.00. The van der Waals surface area contributed by atoms with E-state index < -0.39 is 0 Å². The second-order valence-electron chi connectivity index (χ2n) is 3.46. The zero-order valence-electron chi connectivity index (χ0n) is 9.14. The summed E-state index contributed by atoms with van der Waals surface area (Å²) in [6.45, 7) is 1.96. The number of halogens is 1. The molecule has 0 radical (unpaired) electrons. The first kappa shape index (κ1) is 11.9. The second kappa shape index (κ2) is 5.16. The van der Waals surface area contributed by atoms with Crippen LogP contribution in [-0.2, 0) is 0 Å². The van der Waals surface area contributed by atoms with Gasteiger partial charge in [0.05, 0.1) is 6.21 Å². The molecule has 6 heteroatoms. The molecule has 1 aromatic carbocycles. The quantitative estimate of drug-likeness (QED) is 0.663. The first-order valence-corrected chi connectivity index (χ1v) is 6.17. The number of benzene rings is 1. The van der Waals surface area contributed by atoms with Crippen molar-refractivity contribution in [2.75, 3.05) is 11.2 Å². The lowest BCUT2D eigenvalue weighted by molar-refractivity contribution is 1.29. The molecule has 0 aliphatic rings. The molecule has 1 aromatic heterocycles. The molecule has 17 heavy (non-hydrogen) atoms. The van der Waals surface area contributed by atoms with E-state index in [0.717, 1.165) is 16.1 Å². The standard InChI is InChI=1S/C11H11ClN4S/c1-7-2-3-8(4-9(7)12)5-14-16-11-15-10(13)6-17-11/h2-6H,13H2,1H3,(H,15,16). The summed E-state index contributed by atoms with van der Waals surface area (Å²) in [4.78, 5) is 4.02. The summed E-state index contributed by atoms with van der Waals surface area (Å²) < 4.78 is 0. The third-order valence-electron chi connectivity index (χ3n) is 2.09. The minimum absolute atomic E-state index is 0.492. The Morgan fingerprint density at radius 2 is 2.35 bits per heavy atom. The molecule has 0 aliphatic carbocycles. The number of nitrogens with zero attached hydrogens (tertiary/aromatic N) is 2. The van der Waals surface area contributed by atoms with Gasteiger partial charge in [-0.25, -0.2) is 4.98 Å². The summed E-state index contributed by atoms with van der Waals surface area (Å²) in [5.41, 5.74) is 10.3. The zero-order chi connectivity index (χ0) is 12.3. The van der Waals surface area contributed by atoms with E-state index in [2.05, 4.69) is 15.5 Å². The largest absolute Gasteiger partial charge is 0.383 e. The molecule has 4 nitrogen and oxygen atoms in total. The number of aromatic nitrogens is 1. The van der Waals surface area contributed by atoms with Crippen LogP contribution in [0.1, 0.15) is 11.1 Å². The number of hydrogen-bond donors (Lipinski definition) is 2. The fraction of sp³-hybridized carbons (Fsp3) is 0.0909. The van der Waals surface area contributed by atoms with Crippen LogP contribution in [0.2, 0.25) is 5.02 Å². The summed E-state index contributed by atoms with van der Waals surface area (Å²) in [5, 5.41) is 7.20. The van der Waals surface area contributed by atoms with Crippen LogP contribution < -0.4 is 11.2 Å². The summed E-state index contributed by atoms with van der Waals surface area (Å²) in [7, 11) is 0. The zero-order valence-corrected chi connectivity index (χ0v) is 10.7. The molecule has 0 saturated carbocycles.